The average Bonchev–Trinajstić information content (AvgIpc) is 2.61. The number of anilines is 1. The van der Waals surface area contributed by atoms with E-state index in [1.54, 1.807) is 18.2 Å². The van der Waals surface area contributed by atoms with Crippen molar-refractivity contribution in [1.82, 2.24) is 0 Å². The number of nitro groups is 1. The second kappa shape index (κ2) is 8.02. The molecular formula is C18H16N2O6. The van der Waals surface area contributed by atoms with Gasteiger partial charge in [-0.05, 0) is 32.0 Å². The van der Waals surface area contributed by atoms with Gasteiger partial charge in [0.1, 0.15) is 5.75 Å². The van der Waals surface area contributed by atoms with Crippen LogP contribution < -0.4 is 10.1 Å². The molecule has 0 aliphatic heterocycles. The van der Waals surface area contributed by atoms with Gasteiger partial charge >= 0.3 is 0 Å². The summed E-state index contributed by atoms with van der Waals surface area (Å²) < 4.78 is 5.45. The van der Waals surface area contributed by atoms with E-state index >= 15 is 0 Å². The molecule has 0 unspecified atom stereocenters. The predicted molar refractivity (Wildman–Crippen MR) is 93.7 cm³/mol. The van der Waals surface area contributed by atoms with Crippen molar-refractivity contribution in [3.8, 4) is 5.75 Å². The summed E-state index contributed by atoms with van der Waals surface area (Å²) in [5.41, 5.74) is 0.600. The molecule has 1 amide bonds. The molecule has 0 saturated heterocycles. The van der Waals surface area contributed by atoms with Crippen molar-refractivity contribution < 1.29 is 24.0 Å². The van der Waals surface area contributed by atoms with Crippen molar-refractivity contribution in [2.24, 2.45) is 0 Å². The summed E-state index contributed by atoms with van der Waals surface area (Å²) in [5.74, 6) is -0.571. The lowest BCUT2D eigenvalue weighted by molar-refractivity contribution is -0.384. The SMILES string of the molecule is CC(=O)c1cccc(NC(=O)[C@@H](C)Oc2ccc([N+](=O)[O-])cc2C=O)c1. The van der Waals surface area contributed by atoms with E-state index in [9.17, 15) is 24.5 Å². The molecule has 0 saturated carbocycles. The molecule has 1 atom stereocenters. The standard InChI is InChI=1S/C18H16N2O6/c1-11(22)13-4-3-5-15(8-13)19-18(23)12(2)26-17-7-6-16(20(24)25)9-14(17)10-21/h3-10,12H,1-2H3,(H,19,23)/t12-/m1/s1. The van der Waals surface area contributed by atoms with Crippen LogP contribution in [-0.2, 0) is 4.79 Å². The van der Waals surface area contributed by atoms with Gasteiger partial charge in [-0.3, -0.25) is 24.5 Å². The van der Waals surface area contributed by atoms with Crippen LogP contribution in [0, 0.1) is 10.1 Å². The lowest BCUT2D eigenvalue weighted by atomic mass is 10.1. The zero-order chi connectivity index (χ0) is 19.3. The van der Waals surface area contributed by atoms with Gasteiger partial charge in [0.2, 0.25) is 0 Å². The number of carbonyl (C=O) groups excluding carboxylic acids is 3. The summed E-state index contributed by atoms with van der Waals surface area (Å²) in [5, 5.41) is 13.4. The van der Waals surface area contributed by atoms with E-state index < -0.39 is 16.9 Å². The first-order valence-electron chi connectivity index (χ1n) is 7.64. The largest absolute Gasteiger partial charge is 0.480 e. The second-order valence-electron chi connectivity index (χ2n) is 5.48. The Bertz CT molecular complexity index is 878. The Kier molecular flexibility index (Phi) is 5.79. The number of benzene rings is 2. The highest BCUT2D eigenvalue weighted by Crippen LogP contribution is 2.24. The Morgan fingerprint density at radius 2 is 1.96 bits per heavy atom. The van der Waals surface area contributed by atoms with Gasteiger partial charge < -0.3 is 10.1 Å². The third-order valence-corrected chi connectivity index (χ3v) is 3.54. The Morgan fingerprint density at radius 1 is 1.23 bits per heavy atom. The minimum absolute atomic E-state index is 0.0302. The molecular weight excluding hydrogens is 340 g/mol. The van der Waals surface area contributed by atoms with Gasteiger partial charge in [0.05, 0.1) is 10.5 Å². The van der Waals surface area contributed by atoms with Gasteiger partial charge in [0.25, 0.3) is 11.6 Å². The molecule has 134 valence electrons. The van der Waals surface area contributed by atoms with Crippen LogP contribution in [0.25, 0.3) is 0 Å². The van der Waals surface area contributed by atoms with Gasteiger partial charge in [-0.2, -0.15) is 0 Å². The maximum absolute atomic E-state index is 12.3. The molecule has 2 aromatic carbocycles. The zero-order valence-electron chi connectivity index (χ0n) is 14.1. The maximum Gasteiger partial charge on any atom is 0.270 e. The molecule has 0 fully saturated rings. The highest BCUT2D eigenvalue weighted by atomic mass is 16.6. The molecule has 0 aliphatic rings. The van der Waals surface area contributed by atoms with Crippen molar-refractivity contribution in [1.29, 1.82) is 0 Å². The molecule has 8 nitrogen and oxygen atoms in total. The number of hydrogen-bond acceptors (Lipinski definition) is 6. The molecule has 0 aliphatic carbocycles. The maximum atomic E-state index is 12.3. The third-order valence-electron chi connectivity index (χ3n) is 3.54. The number of nitrogens with zero attached hydrogens (tertiary/aromatic N) is 1. The molecule has 0 radical (unpaired) electrons. The molecule has 2 aromatic rings. The molecule has 0 heterocycles. The highest BCUT2D eigenvalue weighted by Gasteiger charge is 2.18. The Hall–Kier alpha value is -3.55. The number of hydrogen-bond donors (Lipinski definition) is 1. The van der Waals surface area contributed by atoms with Gasteiger partial charge in [-0.1, -0.05) is 12.1 Å². The van der Waals surface area contributed by atoms with E-state index in [-0.39, 0.29) is 22.8 Å². The third kappa shape index (κ3) is 4.50. The summed E-state index contributed by atoms with van der Waals surface area (Å²) in [6.45, 7) is 2.89. The van der Waals surface area contributed by atoms with Crippen LogP contribution in [0.3, 0.4) is 0 Å². The van der Waals surface area contributed by atoms with Gasteiger partial charge in [-0.15, -0.1) is 0 Å². The number of ether oxygens (including phenoxy) is 1. The number of carbonyl (C=O) groups is 3. The number of aldehydes is 1. The van der Waals surface area contributed by atoms with Gasteiger partial charge in [0, 0.05) is 23.4 Å². The molecule has 1 N–H and O–H groups in total. The first-order valence-corrected chi connectivity index (χ1v) is 7.64. The summed E-state index contributed by atoms with van der Waals surface area (Å²) in [7, 11) is 0. The van der Waals surface area contributed by atoms with Crippen LogP contribution in [-0.4, -0.2) is 29.0 Å². The lowest BCUT2D eigenvalue weighted by Crippen LogP contribution is -2.30. The number of nitro benzene ring substituents is 1. The summed E-state index contributed by atoms with van der Waals surface area (Å²) in [6.07, 6.45) is -0.556. The molecule has 8 heteroatoms. The van der Waals surface area contributed by atoms with Crippen molar-refractivity contribution in [2.45, 2.75) is 20.0 Å². The average molecular weight is 356 g/mol. The Labute approximate surface area is 148 Å². The highest BCUT2D eigenvalue weighted by molar-refractivity contribution is 5.98. The van der Waals surface area contributed by atoms with Crippen molar-refractivity contribution in [2.75, 3.05) is 5.32 Å². The first kappa shape index (κ1) is 18.8. The number of ketones is 1. The van der Waals surface area contributed by atoms with Crippen LogP contribution in [0.15, 0.2) is 42.5 Å². The van der Waals surface area contributed by atoms with Crippen LogP contribution in [0.1, 0.15) is 34.6 Å². The molecule has 26 heavy (non-hydrogen) atoms. The normalized spacial score (nSPS) is 11.3. The fourth-order valence-corrected chi connectivity index (χ4v) is 2.15. The van der Waals surface area contributed by atoms with Crippen LogP contribution in [0.5, 0.6) is 5.75 Å². The van der Waals surface area contributed by atoms with E-state index in [1.807, 2.05) is 0 Å². The summed E-state index contributed by atoms with van der Waals surface area (Å²) in [6, 6.07) is 9.95. The summed E-state index contributed by atoms with van der Waals surface area (Å²) in [4.78, 5) is 44.9. The number of Topliss-reactive ketones (excluding diaryl/α,β-unsaturated/α-hetero) is 1. The Balaban J connectivity index is 2.12. The monoisotopic (exact) mass is 356 g/mol. The quantitative estimate of drug-likeness (QED) is 0.353. The zero-order valence-corrected chi connectivity index (χ0v) is 14.1. The number of nitrogens with one attached hydrogen (secondary N) is 1. The van der Waals surface area contributed by atoms with E-state index in [0.29, 0.717) is 17.5 Å². The first-order chi connectivity index (χ1) is 12.3. The number of rotatable bonds is 7. The van der Waals surface area contributed by atoms with E-state index in [4.69, 9.17) is 4.74 Å². The van der Waals surface area contributed by atoms with Crippen LogP contribution in [0.2, 0.25) is 0 Å². The van der Waals surface area contributed by atoms with E-state index in [2.05, 4.69) is 5.32 Å². The molecule has 2 rings (SSSR count). The lowest BCUT2D eigenvalue weighted by Gasteiger charge is -2.16. The molecule has 0 bridgehead atoms. The van der Waals surface area contributed by atoms with Crippen molar-refractivity contribution in [3.63, 3.8) is 0 Å². The van der Waals surface area contributed by atoms with E-state index in [0.717, 1.165) is 6.07 Å². The second-order valence-corrected chi connectivity index (χ2v) is 5.48. The number of amides is 1. The summed E-state index contributed by atoms with van der Waals surface area (Å²) >= 11 is 0. The molecule has 0 aromatic heterocycles. The molecule has 0 spiro atoms. The topological polar surface area (TPSA) is 116 Å². The fraction of sp³-hybridized carbons (Fsp3) is 0.167. The predicted octanol–water partition coefficient (Wildman–Crippen LogP) is 3.02. The van der Waals surface area contributed by atoms with Crippen LogP contribution in [0.4, 0.5) is 11.4 Å². The van der Waals surface area contributed by atoms with Gasteiger partial charge in [-0.25, -0.2) is 0 Å². The van der Waals surface area contributed by atoms with E-state index in [1.165, 1.54) is 32.0 Å². The smallest absolute Gasteiger partial charge is 0.270 e. The fourth-order valence-electron chi connectivity index (χ4n) is 2.15. The minimum Gasteiger partial charge on any atom is -0.480 e. The van der Waals surface area contributed by atoms with Crippen LogP contribution >= 0.6 is 0 Å². The minimum atomic E-state index is -0.976. The van der Waals surface area contributed by atoms with Gasteiger partial charge in [0.15, 0.2) is 18.2 Å². The van der Waals surface area contributed by atoms with Crippen molar-refractivity contribution in [3.05, 3.63) is 63.7 Å². The number of non-ortho nitro benzene ring substituents is 1. The van der Waals surface area contributed by atoms with Crippen molar-refractivity contribution >= 4 is 29.4 Å². The Morgan fingerprint density at radius 3 is 2.58 bits per heavy atom.